The summed E-state index contributed by atoms with van der Waals surface area (Å²) >= 11 is 0. The summed E-state index contributed by atoms with van der Waals surface area (Å²) in [6.07, 6.45) is 4.96. The van der Waals surface area contributed by atoms with Crippen LogP contribution in [0.25, 0.3) is 0 Å². The molecule has 1 spiro atoms. The standard InChI is InChI=1S/C18H23N3O3/c1-14-9-15(20-24-14)11-21-8-4-6-18(13-21)10-16(12-22-18)23-17-5-2-3-7-19-17/h2-3,5,7,9,16H,4,6,8,10-13H2,1H3/t16-,18+/m1/s1. The summed E-state index contributed by atoms with van der Waals surface area (Å²) < 4.78 is 17.4. The molecule has 2 aliphatic rings. The van der Waals surface area contributed by atoms with Gasteiger partial charge in [-0.25, -0.2) is 4.98 Å². The van der Waals surface area contributed by atoms with Gasteiger partial charge in [-0.15, -0.1) is 0 Å². The molecule has 0 aromatic carbocycles. The van der Waals surface area contributed by atoms with Crippen LogP contribution in [0.3, 0.4) is 0 Å². The van der Waals surface area contributed by atoms with E-state index in [0.717, 1.165) is 50.4 Å². The van der Waals surface area contributed by atoms with Crippen molar-refractivity contribution in [1.82, 2.24) is 15.0 Å². The van der Waals surface area contributed by atoms with Gasteiger partial charge in [-0.05, 0) is 32.4 Å². The molecule has 0 unspecified atom stereocenters. The third-order valence-electron chi connectivity index (χ3n) is 4.78. The van der Waals surface area contributed by atoms with E-state index in [2.05, 4.69) is 15.0 Å². The van der Waals surface area contributed by atoms with Crippen molar-refractivity contribution in [1.29, 1.82) is 0 Å². The van der Waals surface area contributed by atoms with E-state index in [9.17, 15) is 0 Å². The molecule has 2 aromatic rings. The van der Waals surface area contributed by atoms with Crippen molar-refractivity contribution in [2.75, 3.05) is 19.7 Å². The van der Waals surface area contributed by atoms with Crippen LogP contribution in [0.5, 0.6) is 5.88 Å². The number of aromatic nitrogens is 2. The minimum atomic E-state index is -0.101. The van der Waals surface area contributed by atoms with Crippen LogP contribution in [0.15, 0.2) is 35.0 Å². The number of aryl methyl sites for hydroxylation is 1. The van der Waals surface area contributed by atoms with Crippen molar-refractivity contribution in [2.24, 2.45) is 0 Å². The summed E-state index contributed by atoms with van der Waals surface area (Å²) in [5.74, 6) is 1.53. The van der Waals surface area contributed by atoms with Gasteiger partial charge in [0.2, 0.25) is 5.88 Å². The van der Waals surface area contributed by atoms with Crippen LogP contribution in [-0.4, -0.2) is 46.4 Å². The summed E-state index contributed by atoms with van der Waals surface area (Å²) in [6, 6.07) is 7.73. The Kier molecular flexibility index (Phi) is 4.24. The topological polar surface area (TPSA) is 60.6 Å². The average Bonchev–Trinajstić information content (AvgIpc) is 3.15. The van der Waals surface area contributed by atoms with Gasteiger partial charge in [-0.2, -0.15) is 0 Å². The lowest BCUT2D eigenvalue weighted by molar-refractivity contribution is -0.0542. The number of pyridine rings is 1. The van der Waals surface area contributed by atoms with Crippen LogP contribution >= 0.6 is 0 Å². The maximum absolute atomic E-state index is 6.20. The fourth-order valence-corrected chi connectivity index (χ4v) is 3.80. The zero-order chi connectivity index (χ0) is 16.4. The summed E-state index contributed by atoms with van der Waals surface area (Å²) in [6.45, 7) is 5.36. The van der Waals surface area contributed by atoms with Crippen molar-refractivity contribution >= 4 is 0 Å². The summed E-state index contributed by atoms with van der Waals surface area (Å²) in [4.78, 5) is 6.65. The number of likely N-dealkylation sites (tertiary alicyclic amines) is 1. The highest BCUT2D eigenvalue weighted by atomic mass is 16.6. The van der Waals surface area contributed by atoms with E-state index < -0.39 is 0 Å². The number of ether oxygens (including phenoxy) is 2. The summed E-state index contributed by atoms with van der Waals surface area (Å²) in [5, 5.41) is 4.11. The molecule has 0 bridgehead atoms. The molecule has 2 aromatic heterocycles. The van der Waals surface area contributed by atoms with E-state index >= 15 is 0 Å². The first-order valence-electron chi connectivity index (χ1n) is 8.57. The first kappa shape index (κ1) is 15.6. The third kappa shape index (κ3) is 3.44. The van der Waals surface area contributed by atoms with Crippen LogP contribution in [-0.2, 0) is 11.3 Å². The molecular formula is C18H23N3O3. The van der Waals surface area contributed by atoms with Crippen molar-refractivity contribution in [2.45, 2.75) is 44.4 Å². The van der Waals surface area contributed by atoms with Gasteiger partial charge >= 0.3 is 0 Å². The lowest BCUT2D eigenvalue weighted by Crippen LogP contribution is -2.47. The molecule has 0 aliphatic carbocycles. The Balaban J connectivity index is 1.36. The Hall–Kier alpha value is -1.92. The van der Waals surface area contributed by atoms with Crippen molar-refractivity contribution in [3.63, 3.8) is 0 Å². The molecule has 2 aliphatic heterocycles. The zero-order valence-electron chi connectivity index (χ0n) is 14.0. The van der Waals surface area contributed by atoms with E-state index in [4.69, 9.17) is 14.0 Å². The first-order chi connectivity index (χ1) is 11.7. The number of piperidine rings is 1. The number of hydrogen-bond donors (Lipinski definition) is 0. The molecule has 2 fully saturated rings. The quantitative estimate of drug-likeness (QED) is 0.859. The minimum Gasteiger partial charge on any atom is -0.472 e. The molecule has 6 nitrogen and oxygen atoms in total. The molecule has 0 amide bonds. The van der Waals surface area contributed by atoms with Crippen molar-refractivity contribution in [3.8, 4) is 5.88 Å². The Morgan fingerprint density at radius 2 is 2.38 bits per heavy atom. The smallest absolute Gasteiger partial charge is 0.213 e. The van der Waals surface area contributed by atoms with Crippen LogP contribution < -0.4 is 4.74 Å². The highest BCUT2D eigenvalue weighted by Gasteiger charge is 2.44. The largest absolute Gasteiger partial charge is 0.472 e. The molecule has 24 heavy (non-hydrogen) atoms. The lowest BCUT2D eigenvalue weighted by Gasteiger charge is -2.39. The second kappa shape index (κ2) is 6.53. The van der Waals surface area contributed by atoms with Gasteiger partial charge in [0.25, 0.3) is 0 Å². The SMILES string of the molecule is Cc1cc(CN2CCC[C@]3(C[C@@H](Oc4ccccn4)CO3)C2)no1. The van der Waals surface area contributed by atoms with Gasteiger partial charge in [0.05, 0.1) is 17.9 Å². The van der Waals surface area contributed by atoms with Gasteiger partial charge in [-0.1, -0.05) is 11.2 Å². The molecule has 2 saturated heterocycles. The zero-order valence-corrected chi connectivity index (χ0v) is 14.0. The van der Waals surface area contributed by atoms with Gasteiger partial charge in [0.15, 0.2) is 0 Å². The molecule has 0 radical (unpaired) electrons. The highest BCUT2D eigenvalue weighted by molar-refractivity contribution is 5.11. The summed E-state index contributed by atoms with van der Waals surface area (Å²) in [5.41, 5.74) is 0.889. The van der Waals surface area contributed by atoms with E-state index in [0.29, 0.717) is 12.5 Å². The normalized spacial score (nSPS) is 27.6. The average molecular weight is 329 g/mol. The van der Waals surface area contributed by atoms with Crippen LogP contribution in [0.4, 0.5) is 0 Å². The molecule has 0 N–H and O–H groups in total. The second-order valence-electron chi connectivity index (χ2n) is 6.85. The lowest BCUT2D eigenvalue weighted by atomic mass is 9.89. The predicted molar refractivity (Wildman–Crippen MR) is 87.7 cm³/mol. The van der Waals surface area contributed by atoms with E-state index in [-0.39, 0.29) is 11.7 Å². The van der Waals surface area contributed by atoms with E-state index in [1.54, 1.807) is 6.20 Å². The number of hydrogen-bond acceptors (Lipinski definition) is 6. The van der Waals surface area contributed by atoms with Gasteiger partial charge in [0, 0.05) is 37.8 Å². The Bertz CT molecular complexity index is 675. The second-order valence-corrected chi connectivity index (χ2v) is 6.85. The fraction of sp³-hybridized carbons (Fsp3) is 0.556. The van der Waals surface area contributed by atoms with Crippen LogP contribution in [0.2, 0.25) is 0 Å². The summed E-state index contributed by atoms with van der Waals surface area (Å²) in [7, 11) is 0. The number of nitrogens with zero attached hydrogens (tertiary/aromatic N) is 3. The van der Waals surface area contributed by atoms with Gasteiger partial charge in [-0.3, -0.25) is 4.90 Å². The molecule has 4 rings (SSSR count). The Morgan fingerprint density at radius 1 is 1.42 bits per heavy atom. The molecular weight excluding hydrogens is 306 g/mol. The molecule has 6 heteroatoms. The predicted octanol–water partition coefficient (Wildman–Crippen LogP) is 2.58. The Morgan fingerprint density at radius 3 is 3.17 bits per heavy atom. The first-order valence-corrected chi connectivity index (χ1v) is 8.57. The molecule has 2 atom stereocenters. The molecule has 128 valence electrons. The van der Waals surface area contributed by atoms with Crippen molar-refractivity contribution < 1.29 is 14.0 Å². The number of rotatable bonds is 4. The van der Waals surface area contributed by atoms with Crippen LogP contribution in [0, 0.1) is 6.92 Å². The highest BCUT2D eigenvalue weighted by Crippen LogP contribution is 2.36. The van der Waals surface area contributed by atoms with Crippen LogP contribution in [0.1, 0.15) is 30.7 Å². The van der Waals surface area contributed by atoms with E-state index in [1.165, 1.54) is 0 Å². The maximum Gasteiger partial charge on any atom is 0.213 e. The monoisotopic (exact) mass is 329 g/mol. The van der Waals surface area contributed by atoms with E-state index in [1.807, 2.05) is 31.2 Å². The Labute approximate surface area is 141 Å². The molecule has 4 heterocycles. The van der Waals surface area contributed by atoms with Crippen molar-refractivity contribution in [3.05, 3.63) is 41.9 Å². The van der Waals surface area contributed by atoms with Gasteiger partial charge < -0.3 is 14.0 Å². The minimum absolute atomic E-state index is 0.0779. The maximum atomic E-state index is 6.20. The molecule has 0 saturated carbocycles. The van der Waals surface area contributed by atoms with Gasteiger partial charge in [0.1, 0.15) is 11.9 Å². The third-order valence-corrected chi connectivity index (χ3v) is 4.78. The fourth-order valence-electron chi connectivity index (χ4n) is 3.80.